The van der Waals surface area contributed by atoms with Crippen molar-refractivity contribution in [3.8, 4) is 5.88 Å². The van der Waals surface area contributed by atoms with Crippen LogP contribution in [0.4, 0.5) is 11.6 Å². The van der Waals surface area contributed by atoms with Crippen LogP contribution >= 0.6 is 0 Å². The summed E-state index contributed by atoms with van der Waals surface area (Å²) in [7, 11) is 0. The van der Waals surface area contributed by atoms with Crippen LogP contribution in [0.25, 0.3) is 0 Å². The molecule has 1 aliphatic rings. The average molecular weight is 327 g/mol. The van der Waals surface area contributed by atoms with E-state index in [1.54, 1.807) is 0 Å². The summed E-state index contributed by atoms with van der Waals surface area (Å²) in [5.41, 5.74) is 1.10. The van der Waals surface area contributed by atoms with Crippen LogP contribution < -0.4 is 14.5 Å². The van der Waals surface area contributed by atoms with E-state index in [-0.39, 0.29) is 0 Å². The smallest absolute Gasteiger partial charge is 0.215 e. The molecule has 1 aliphatic heterocycles. The van der Waals surface area contributed by atoms with Crippen LogP contribution in [0.1, 0.15) is 25.4 Å². The number of aromatic nitrogens is 3. The Balaban J connectivity index is 1.67. The minimum atomic E-state index is 0.636. The van der Waals surface area contributed by atoms with Gasteiger partial charge in [0, 0.05) is 44.0 Å². The molecule has 0 atom stereocenters. The van der Waals surface area contributed by atoms with Crippen molar-refractivity contribution >= 4 is 11.6 Å². The van der Waals surface area contributed by atoms with Crippen LogP contribution in [0, 0.1) is 6.92 Å². The van der Waals surface area contributed by atoms with E-state index >= 15 is 0 Å². The fraction of sp³-hybridized carbons (Fsp3) is 0.500. The van der Waals surface area contributed by atoms with Gasteiger partial charge in [0.25, 0.3) is 0 Å². The lowest BCUT2D eigenvalue weighted by atomic mass is 10.2. The predicted molar refractivity (Wildman–Crippen MR) is 96.0 cm³/mol. The van der Waals surface area contributed by atoms with Crippen LogP contribution in [-0.4, -0.2) is 47.7 Å². The molecule has 0 saturated carbocycles. The number of hydrogen-bond acceptors (Lipinski definition) is 6. The van der Waals surface area contributed by atoms with Gasteiger partial charge in [-0.05, 0) is 26.3 Å². The molecule has 0 bridgehead atoms. The lowest BCUT2D eigenvalue weighted by Gasteiger charge is -2.36. The van der Waals surface area contributed by atoms with E-state index < -0.39 is 0 Å². The van der Waals surface area contributed by atoms with Crippen molar-refractivity contribution in [3.05, 3.63) is 35.8 Å². The summed E-state index contributed by atoms with van der Waals surface area (Å²) in [6, 6.07) is 8.05. The number of ether oxygens (including phenoxy) is 1. The van der Waals surface area contributed by atoms with E-state index in [9.17, 15) is 0 Å². The standard InChI is InChI=1S/C18H25N5O/c1-4-15-13-17(20-14(3)19-15)23-11-9-22(10-12-23)16-7-6-8-18(21-16)24-5-2/h6-8,13H,4-5,9-12H2,1-3H3. The monoisotopic (exact) mass is 327 g/mol. The minimum absolute atomic E-state index is 0.636. The Morgan fingerprint density at radius 2 is 1.67 bits per heavy atom. The Morgan fingerprint density at radius 1 is 0.958 bits per heavy atom. The number of rotatable bonds is 5. The number of nitrogens with zero attached hydrogens (tertiary/aromatic N) is 5. The van der Waals surface area contributed by atoms with Crippen molar-refractivity contribution < 1.29 is 4.74 Å². The van der Waals surface area contributed by atoms with Crippen molar-refractivity contribution in [2.75, 3.05) is 42.6 Å². The molecule has 1 saturated heterocycles. The minimum Gasteiger partial charge on any atom is -0.478 e. The molecule has 24 heavy (non-hydrogen) atoms. The van der Waals surface area contributed by atoms with Crippen molar-refractivity contribution in [1.82, 2.24) is 15.0 Å². The molecular weight excluding hydrogens is 302 g/mol. The SMILES string of the molecule is CCOc1cccc(N2CCN(c3cc(CC)nc(C)n3)CC2)n1. The second-order valence-electron chi connectivity index (χ2n) is 5.86. The van der Waals surface area contributed by atoms with Gasteiger partial charge in [-0.1, -0.05) is 13.0 Å². The first-order valence-corrected chi connectivity index (χ1v) is 8.64. The van der Waals surface area contributed by atoms with Crippen molar-refractivity contribution in [1.29, 1.82) is 0 Å². The highest BCUT2D eigenvalue weighted by atomic mass is 16.5. The van der Waals surface area contributed by atoms with E-state index in [2.05, 4.69) is 37.7 Å². The van der Waals surface area contributed by atoms with E-state index in [0.717, 1.165) is 55.8 Å². The first kappa shape index (κ1) is 16.5. The van der Waals surface area contributed by atoms with Crippen LogP contribution in [0.15, 0.2) is 24.3 Å². The molecular formula is C18H25N5O. The number of piperazine rings is 1. The summed E-state index contributed by atoms with van der Waals surface area (Å²) in [5, 5.41) is 0. The van der Waals surface area contributed by atoms with Gasteiger partial charge in [0.05, 0.1) is 6.61 Å². The fourth-order valence-corrected chi connectivity index (χ4v) is 2.93. The number of hydrogen-bond donors (Lipinski definition) is 0. The Labute approximate surface area is 143 Å². The summed E-state index contributed by atoms with van der Waals surface area (Å²) < 4.78 is 5.50. The maximum Gasteiger partial charge on any atom is 0.215 e. The van der Waals surface area contributed by atoms with Gasteiger partial charge in [-0.2, -0.15) is 4.98 Å². The molecule has 128 valence electrons. The van der Waals surface area contributed by atoms with Gasteiger partial charge >= 0.3 is 0 Å². The third-order valence-corrected chi connectivity index (χ3v) is 4.17. The van der Waals surface area contributed by atoms with Crippen molar-refractivity contribution in [2.24, 2.45) is 0 Å². The van der Waals surface area contributed by atoms with Gasteiger partial charge in [-0.25, -0.2) is 9.97 Å². The molecule has 2 aromatic rings. The lowest BCUT2D eigenvalue weighted by molar-refractivity contribution is 0.327. The zero-order valence-corrected chi connectivity index (χ0v) is 14.7. The van der Waals surface area contributed by atoms with Gasteiger partial charge in [-0.15, -0.1) is 0 Å². The lowest BCUT2D eigenvalue weighted by Crippen LogP contribution is -2.47. The first-order chi connectivity index (χ1) is 11.7. The van der Waals surface area contributed by atoms with Crippen LogP contribution in [0.3, 0.4) is 0 Å². The highest BCUT2D eigenvalue weighted by molar-refractivity contribution is 5.46. The molecule has 0 unspecified atom stereocenters. The third kappa shape index (κ3) is 3.75. The van der Waals surface area contributed by atoms with Gasteiger partial charge in [0.2, 0.25) is 5.88 Å². The summed E-state index contributed by atoms with van der Waals surface area (Å²) in [6.07, 6.45) is 0.935. The molecule has 2 aromatic heterocycles. The molecule has 3 rings (SSSR count). The Bertz CT molecular complexity index is 683. The molecule has 0 N–H and O–H groups in total. The third-order valence-electron chi connectivity index (χ3n) is 4.17. The molecule has 0 aromatic carbocycles. The van der Waals surface area contributed by atoms with E-state index in [1.165, 1.54) is 0 Å². The topological polar surface area (TPSA) is 54.4 Å². The first-order valence-electron chi connectivity index (χ1n) is 8.64. The molecule has 0 radical (unpaired) electrons. The second-order valence-corrected chi connectivity index (χ2v) is 5.86. The van der Waals surface area contributed by atoms with E-state index in [4.69, 9.17) is 4.74 Å². The fourth-order valence-electron chi connectivity index (χ4n) is 2.93. The molecule has 6 nitrogen and oxygen atoms in total. The van der Waals surface area contributed by atoms with Crippen molar-refractivity contribution in [2.45, 2.75) is 27.2 Å². The van der Waals surface area contributed by atoms with Gasteiger partial charge in [0.1, 0.15) is 17.5 Å². The molecule has 0 spiro atoms. The number of anilines is 2. The summed E-state index contributed by atoms with van der Waals surface area (Å²) >= 11 is 0. The van der Waals surface area contributed by atoms with Gasteiger partial charge in [-0.3, -0.25) is 0 Å². The Kier molecular flexibility index (Phi) is 5.13. The zero-order valence-electron chi connectivity index (χ0n) is 14.7. The van der Waals surface area contributed by atoms with E-state index in [0.29, 0.717) is 12.5 Å². The number of pyridine rings is 1. The maximum absolute atomic E-state index is 5.50. The Hall–Kier alpha value is -2.37. The van der Waals surface area contributed by atoms with Crippen LogP contribution in [0.5, 0.6) is 5.88 Å². The number of aryl methyl sites for hydroxylation is 2. The van der Waals surface area contributed by atoms with Gasteiger partial charge in [0.15, 0.2) is 0 Å². The molecule has 0 amide bonds. The average Bonchev–Trinajstić information content (AvgIpc) is 2.62. The molecule has 0 aliphatic carbocycles. The molecule has 3 heterocycles. The van der Waals surface area contributed by atoms with E-state index in [1.807, 2.05) is 32.0 Å². The maximum atomic E-state index is 5.50. The predicted octanol–water partition coefficient (Wildman–Crippen LogP) is 2.47. The van der Waals surface area contributed by atoms with Crippen LogP contribution in [-0.2, 0) is 6.42 Å². The molecule has 1 fully saturated rings. The highest BCUT2D eigenvalue weighted by Gasteiger charge is 2.20. The van der Waals surface area contributed by atoms with Crippen LogP contribution in [0.2, 0.25) is 0 Å². The van der Waals surface area contributed by atoms with Crippen molar-refractivity contribution in [3.63, 3.8) is 0 Å². The Morgan fingerprint density at radius 3 is 2.33 bits per heavy atom. The quantitative estimate of drug-likeness (QED) is 0.841. The summed E-state index contributed by atoms with van der Waals surface area (Å²) in [4.78, 5) is 18.3. The zero-order chi connectivity index (χ0) is 16.9. The molecule has 6 heteroatoms. The second kappa shape index (κ2) is 7.47. The van der Waals surface area contributed by atoms with Gasteiger partial charge < -0.3 is 14.5 Å². The summed E-state index contributed by atoms with van der Waals surface area (Å²) in [5.74, 6) is 3.55. The normalized spacial score (nSPS) is 14.8. The highest BCUT2D eigenvalue weighted by Crippen LogP contribution is 2.20. The largest absolute Gasteiger partial charge is 0.478 e. The summed E-state index contributed by atoms with van der Waals surface area (Å²) in [6.45, 7) is 10.4.